The van der Waals surface area contributed by atoms with Crippen LogP contribution < -0.4 is 20.3 Å². The number of nitrogens with one attached hydrogen (secondary N) is 1. The number of likely N-dealkylation sites (N-methyl/N-ethyl adjacent to an activating group) is 2. The van der Waals surface area contributed by atoms with Gasteiger partial charge < -0.3 is 0 Å². The van der Waals surface area contributed by atoms with Gasteiger partial charge in [0, 0.05) is 25.5 Å². The van der Waals surface area contributed by atoms with Crippen LogP contribution in [0.15, 0.2) is 34.3 Å². The Morgan fingerprint density at radius 2 is 2.08 bits per heavy atom. The van der Waals surface area contributed by atoms with Crippen molar-refractivity contribution < 1.29 is 4.79 Å². The van der Waals surface area contributed by atoms with Crippen molar-refractivity contribution in [1.82, 2.24) is 19.5 Å². The van der Waals surface area contributed by atoms with Crippen LogP contribution in [0.2, 0.25) is 0 Å². The van der Waals surface area contributed by atoms with Crippen molar-refractivity contribution in [3.05, 3.63) is 49.8 Å². The molecule has 0 spiro atoms. The molecule has 2 unspecified atom stereocenters. The Labute approximate surface area is 147 Å². The third-order valence-electron chi connectivity index (χ3n) is 4.40. The number of rotatable bonds is 3. The standard InChI is InChI=1S/C16H18N6O2S/c1-3-20-12-13(21(4-2)16(20)24)19-22-14(23)11(25-15(22)18-12)8-10-6-5-7-17-9-10/h5-9,12-13,19H,3-4H2,1-2H3/b11-8-. The number of hydrogen-bond donors (Lipinski definition) is 1. The third kappa shape index (κ3) is 2.42. The molecule has 0 aromatic carbocycles. The highest BCUT2D eigenvalue weighted by Gasteiger charge is 2.46. The van der Waals surface area contributed by atoms with E-state index in [-0.39, 0.29) is 23.9 Å². The molecule has 1 fully saturated rings. The lowest BCUT2D eigenvalue weighted by molar-refractivity contribution is 0.189. The van der Waals surface area contributed by atoms with Gasteiger partial charge in [-0.25, -0.2) is 9.79 Å². The highest BCUT2D eigenvalue weighted by molar-refractivity contribution is 7.07. The van der Waals surface area contributed by atoms with Gasteiger partial charge in [-0.2, -0.15) is 4.68 Å². The van der Waals surface area contributed by atoms with Gasteiger partial charge in [0.25, 0.3) is 5.56 Å². The summed E-state index contributed by atoms with van der Waals surface area (Å²) in [4.78, 5) is 37.9. The van der Waals surface area contributed by atoms with E-state index in [0.717, 1.165) is 5.56 Å². The lowest BCUT2D eigenvalue weighted by atomic mass is 10.3. The summed E-state index contributed by atoms with van der Waals surface area (Å²) in [6.45, 7) is 4.98. The maximum atomic E-state index is 12.7. The summed E-state index contributed by atoms with van der Waals surface area (Å²) in [5, 5.41) is 0. The number of thiazole rings is 1. The van der Waals surface area contributed by atoms with E-state index in [1.165, 1.54) is 16.0 Å². The van der Waals surface area contributed by atoms with Crippen molar-refractivity contribution in [3.63, 3.8) is 0 Å². The van der Waals surface area contributed by atoms with Crippen molar-refractivity contribution in [2.75, 3.05) is 18.5 Å². The number of carbonyl (C=O) groups excluding carboxylic acids is 1. The third-order valence-corrected chi connectivity index (χ3v) is 5.39. The van der Waals surface area contributed by atoms with Crippen LogP contribution in [0.4, 0.5) is 4.79 Å². The van der Waals surface area contributed by atoms with Crippen LogP contribution >= 0.6 is 11.3 Å². The average molecular weight is 358 g/mol. The Morgan fingerprint density at radius 3 is 2.76 bits per heavy atom. The van der Waals surface area contributed by atoms with E-state index in [0.29, 0.717) is 22.4 Å². The van der Waals surface area contributed by atoms with Crippen LogP contribution in [-0.4, -0.2) is 50.9 Å². The normalized spacial score (nSPS) is 22.5. The molecule has 1 saturated heterocycles. The first-order chi connectivity index (χ1) is 12.1. The summed E-state index contributed by atoms with van der Waals surface area (Å²) < 4.78 is 2.03. The van der Waals surface area contributed by atoms with E-state index in [4.69, 9.17) is 0 Å². The molecule has 130 valence electrons. The summed E-state index contributed by atoms with van der Waals surface area (Å²) in [7, 11) is 0. The van der Waals surface area contributed by atoms with Gasteiger partial charge in [-0.15, -0.1) is 0 Å². The van der Waals surface area contributed by atoms with Gasteiger partial charge in [0.1, 0.15) is 0 Å². The van der Waals surface area contributed by atoms with Crippen molar-refractivity contribution in [1.29, 1.82) is 0 Å². The minimum atomic E-state index is -0.330. The first-order valence-corrected chi connectivity index (χ1v) is 9.01. The number of pyridine rings is 1. The molecule has 2 atom stereocenters. The van der Waals surface area contributed by atoms with Gasteiger partial charge in [-0.05, 0) is 31.6 Å². The molecule has 0 saturated carbocycles. The zero-order valence-corrected chi connectivity index (χ0v) is 14.7. The lowest BCUT2D eigenvalue weighted by Crippen LogP contribution is -2.55. The molecule has 1 N–H and O–H groups in total. The summed E-state index contributed by atoms with van der Waals surface area (Å²) in [5.74, 6) is 0. The molecule has 4 rings (SSSR count). The van der Waals surface area contributed by atoms with Gasteiger partial charge in [0.15, 0.2) is 12.3 Å². The molecule has 2 amide bonds. The molecule has 0 radical (unpaired) electrons. The van der Waals surface area contributed by atoms with E-state index in [2.05, 4.69) is 15.4 Å². The molecule has 2 aromatic rings. The van der Waals surface area contributed by atoms with E-state index >= 15 is 0 Å². The summed E-state index contributed by atoms with van der Waals surface area (Å²) in [5.41, 5.74) is 3.88. The minimum Gasteiger partial charge on any atom is -0.299 e. The molecular weight excluding hydrogens is 340 g/mol. The highest BCUT2D eigenvalue weighted by Crippen LogP contribution is 2.23. The molecule has 2 aromatic heterocycles. The Kier molecular flexibility index (Phi) is 3.79. The largest absolute Gasteiger partial charge is 0.323 e. The molecule has 4 heterocycles. The fourth-order valence-corrected chi connectivity index (χ4v) is 4.15. The number of carbonyl (C=O) groups is 1. The first-order valence-electron chi connectivity index (χ1n) is 8.19. The second kappa shape index (κ2) is 5.99. The summed E-state index contributed by atoms with van der Waals surface area (Å²) in [6, 6.07) is 3.67. The second-order valence-corrected chi connectivity index (χ2v) is 6.80. The second-order valence-electron chi connectivity index (χ2n) is 5.79. The molecule has 0 aliphatic carbocycles. The number of nitrogens with zero attached hydrogens (tertiary/aromatic N) is 5. The quantitative estimate of drug-likeness (QED) is 0.820. The lowest BCUT2D eigenvalue weighted by Gasteiger charge is -2.28. The summed E-state index contributed by atoms with van der Waals surface area (Å²) >= 11 is 1.31. The van der Waals surface area contributed by atoms with Crippen molar-refractivity contribution in [2.45, 2.75) is 26.2 Å². The predicted octanol–water partition coefficient (Wildman–Crippen LogP) is -0.260. The first kappa shape index (κ1) is 15.8. The monoisotopic (exact) mass is 358 g/mol. The Hall–Kier alpha value is -2.68. The van der Waals surface area contributed by atoms with Crippen LogP contribution in [0.25, 0.3) is 6.08 Å². The van der Waals surface area contributed by atoms with Gasteiger partial charge in [0.05, 0.1) is 4.53 Å². The number of aromatic nitrogens is 2. The molecule has 0 bridgehead atoms. The maximum Gasteiger partial charge on any atom is 0.323 e. The molecule has 8 nitrogen and oxygen atoms in total. The molecule has 25 heavy (non-hydrogen) atoms. The highest BCUT2D eigenvalue weighted by atomic mass is 32.1. The number of hydrogen-bond acceptors (Lipinski definition) is 6. The molecule has 2 aliphatic heterocycles. The van der Waals surface area contributed by atoms with Crippen LogP contribution in [0.1, 0.15) is 19.4 Å². The van der Waals surface area contributed by atoms with E-state index in [1.807, 2.05) is 26.0 Å². The zero-order valence-electron chi connectivity index (χ0n) is 13.9. The number of amides is 2. The average Bonchev–Trinajstić information content (AvgIpc) is 3.07. The molecule has 2 aliphatic rings. The van der Waals surface area contributed by atoms with E-state index in [1.54, 1.807) is 28.3 Å². The fourth-order valence-electron chi connectivity index (χ4n) is 3.19. The van der Waals surface area contributed by atoms with Gasteiger partial charge in [0.2, 0.25) is 4.80 Å². The van der Waals surface area contributed by atoms with Gasteiger partial charge >= 0.3 is 6.03 Å². The summed E-state index contributed by atoms with van der Waals surface area (Å²) in [6.07, 6.45) is 4.55. The Morgan fingerprint density at radius 1 is 1.28 bits per heavy atom. The SMILES string of the molecule is CCN1C(=O)N(CC)C2Nn3c(s/c(=C\c4cccnc4)c3=O)=NC21. The van der Waals surface area contributed by atoms with Gasteiger partial charge in [-0.3, -0.25) is 25.0 Å². The van der Waals surface area contributed by atoms with E-state index < -0.39 is 0 Å². The van der Waals surface area contributed by atoms with Crippen molar-refractivity contribution >= 4 is 23.4 Å². The number of urea groups is 1. The Balaban J connectivity index is 1.82. The topological polar surface area (TPSA) is 82.8 Å². The predicted molar refractivity (Wildman–Crippen MR) is 94.3 cm³/mol. The van der Waals surface area contributed by atoms with Crippen LogP contribution in [0.3, 0.4) is 0 Å². The maximum absolute atomic E-state index is 12.7. The fraction of sp³-hybridized carbons (Fsp3) is 0.375. The van der Waals surface area contributed by atoms with Crippen LogP contribution in [-0.2, 0) is 0 Å². The zero-order chi connectivity index (χ0) is 17.6. The van der Waals surface area contributed by atoms with E-state index in [9.17, 15) is 9.59 Å². The molecule has 9 heteroatoms. The minimum absolute atomic E-state index is 0.0541. The number of fused-ring (bicyclic) bond motifs is 2. The van der Waals surface area contributed by atoms with Crippen LogP contribution in [0, 0.1) is 0 Å². The van der Waals surface area contributed by atoms with Gasteiger partial charge in [-0.1, -0.05) is 17.4 Å². The smallest absolute Gasteiger partial charge is 0.299 e. The van der Waals surface area contributed by atoms with Crippen molar-refractivity contribution in [2.24, 2.45) is 4.99 Å². The van der Waals surface area contributed by atoms with Crippen LogP contribution in [0.5, 0.6) is 0 Å². The molecular formula is C16H18N6O2S. The van der Waals surface area contributed by atoms with Crippen molar-refractivity contribution in [3.8, 4) is 0 Å². The Bertz CT molecular complexity index is 982.